The molecule has 1 atom stereocenters. The average Bonchev–Trinajstić information content (AvgIpc) is 1.98. The smallest absolute Gasteiger partial charge is 0.0505 e. The Kier molecular flexibility index (Phi) is 4.73. The molecule has 0 aliphatic rings. The first-order valence-corrected chi connectivity index (χ1v) is 14.0. The number of hydrogen-bond acceptors (Lipinski definition) is 0. The van der Waals surface area contributed by atoms with Crippen LogP contribution < -0.4 is 0 Å². The van der Waals surface area contributed by atoms with Crippen LogP contribution in [0.1, 0.15) is 34.1 Å². The lowest BCUT2D eigenvalue weighted by Gasteiger charge is -2.53. The van der Waals surface area contributed by atoms with Gasteiger partial charge in [0.25, 0.3) is 0 Å². The maximum Gasteiger partial charge on any atom is 0.0505 e. The molecule has 1 unspecified atom stereocenters. The predicted octanol–water partition coefficient (Wildman–Crippen LogP) is 5.86. The van der Waals surface area contributed by atoms with Crippen molar-refractivity contribution in [2.75, 3.05) is 0 Å². The fraction of sp³-hybridized carbons (Fsp3) is 1.00. The van der Waals surface area contributed by atoms with Crippen LogP contribution in [0.2, 0.25) is 50.4 Å². The molecule has 0 rings (SSSR count). The molecule has 0 aromatic carbocycles. The van der Waals surface area contributed by atoms with E-state index in [1.54, 1.807) is 0 Å². The zero-order valence-electron chi connectivity index (χ0n) is 13.4. The van der Waals surface area contributed by atoms with Crippen molar-refractivity contribution < 1.29 is 0 Å². The molecule has 0 aliphatic carbocycles. The molecule has 0 amide bonds. The second-order valence-electron chi connectivity index (χ2n) is 8.53. The minimum atomic E-state index is -1.12. The van der Waals surface area contributed by atoms with Crippen molar-refractivity contribution in [2.24, 2.45) is 5.41 Å². The molecular weight excluding hydrogens is 224 g/mol. The number of rotatable bonds is 5. The van der Waals surface area contributed by atoms with Crippen LogP contribution in [0, 0.1) is 5.41 Å². The van der Waals surface area contributed by atoms with E-state index in [-0.39, 0.29) is 0 Å². The van der Waals surface area contributed by atoms with Gasteiger partial charge in [-0.3, -0.25) is 0 Å². The SMILES string of the molecule is CCC(C)(C[Si](C)(C)C)C(C)(C)[Si](C)(C)C. The third kappa shape index (κ3) is 3.46. The molecule has 98 valence electrons. The first kappa shape index (κ1) is 16.4. The van der Waals surface area contributed by atoms with Crippen LogP contribution in [0.3, 0.4) is 0 Å². The van der Waals surface area contributed by atoms with Crippen molar-refractivity contribution in [3.63, 3.8) is 0 Å². The Morgan fingerprint density at radius 1 is 0.812 bits per heavy atom. The van der Waals surface area contributed by atoms with E-state index < -0.39 is 16.1 Å². The summed E-state index contributed by atoms with van der Waals surface area (Å²) >= 11 is 0. The van der Waals surface area contributed by atoms with Gasteiger partial charge in [0.2, 0.25) is 0 Å². The van der Waals surface area contributed by atoms with Crippen LogP contribution >= 0.6 is 0 Å². The molecule has 0 N–H and O–H groups in total. The lowest BCUT2D eigenvalue weighted by Crippen LogP contribution is -2.48. The summed E-state index contributed by atoms with van der Waals surface area (Å²) in [5.74, 6) is 0. The van der Waals surface area contributed by atoms with Crippen molar-refractivity contribution in [3.05, 3.63) is 0 Å². The summed E-state index contributed by atoms with van der Waals surface area (Å²) in [5, 5.41) is 0.523. The van der Waals surface area contributed by atoms with Gasteiger partial charge in [-0.2, -0.15) is 0 Å². The van der Waals surface area contributed by atoms with Crippen LogP contribution in [0.4, 0.5) is 0 Å². The van der Waals surface area contributed by atoms with Crippen LogP contribution in [-0.2, 0) is 0 Å². The van der Waals surface area contributed by atoms with E-state index in [9.17, 15) is 0 Å². The third-order valence-corrected chi connectivity index (χ3v) is 11.3. The quantitative estimate of drug-likeness (QED) is 0.542. The summed E-state index contributed by atoms with van der Waals surface area (Å²) in [4.78, 5) is 0. The Labute approximate surface area is 106 Å². The van der Waals surface area contributed by atoms with Crippen molar-refractivity contribution in [2.45, 2.75) is 84.5 Å². The van der Waals surface area contributed by atoms with Gasteiger partial charge in [-0.05, 0) is 10.5 Å². The molecule has 16 heavy (non-hydrogen) atoms. The molecule has 0 saturated carbocycles. The van der Waals surface area contributed by atoms with E-state index in [0.29, 0.717) is 10.5 Å². The maximum atomic E-state index is 2.55. The van der Waals surface area contributed by atoms with Crippen LogP contribution in [0.15, 0.2) is 0 Å². The van der Waals surface area contributed by atoms with Gasteiger partial charge < -0.3 is 0 Å². The van der Waals surface area contributed by atoms with Gasteiger partial charge in [0.15, 0.2) is 0 Å². The summed E-state index contributed by atoms with van der Waals surface area (Å²) in [6, 6.07) is 1.47. The topological polar surface area (TPSA) is 0 Å². The maximum absolute atomic E-state index is 2.55. The van der Waals surface area contributed by atoms with Gasteiger partial charge in [0, 0.05) is 8.07 Å². The van der Waals surface area contributed by atoms with E-state index in [0.717, 1.165) is 0 Å². The van der Waals surface area contributed by atoms with Gasteiger partial charge in [0.05, 0.1) is 8.07 Å². The van der Waals surface area contributed by atoms with Crippen LogP contribution in [-0.4, -0.2) is 16.1 Å². The van der Waals surface area contributed by atoms with E-state index >= 15 is 0 Å². The second-order valence-corrected chi connectivity index (χ2v) is 19.8. The van der Waals surface area contributed by atoms with Gasteiger partial charge in [-0.15, -0.1) is 0 Å². The molecule has 0 nitrogen and oxygen atoms in total. The third-order valence-electron chi connectivity index (χ3n) is 5.08. The zero-order valence-corrected chi connectivity index (χ0v) is 15.4. The molecule has 0 bridgehead atoms. The van der Waals surface area contributed by atoms with Gasteiger partial charge in [0.1, 0.15) is 0 Å². The van der Waals surface area contributed by atoms with E-state index in [2.05, 4.69) is 67.0 Å². The van der Waals surface area contributed by atoms with Gasteiger partial charge in [-0.1, -0.05) is 79.4 Å². The lowest BCUT2D eigenvalue weighted by molar-refractivity contribution is 0.243. The van der Waals surface area contributed by atoms with E-state index in [4.69, 9.17) is 0 Å². The molecule has 0 heterocycles. The monoisotopic (exact) mass is 258 g/mol. The standard InChI is InChI=1S/C14H34Si2/c1-11-14(4,12-15(5,6)7)13(2,3)16(8,9)10/h11-12H2,1-10H3. The summed E-state index contributed by atoms with van der Waals surface area (Å²) in [6.07, 6.45) is 1.33. The molecule has 0 aromatic rings. The molecular formula is C14H34Si2. The summed E-state index contributed by atoms with van der Waals surface area (Å²) in [5.41, 5.74) is 0.530. The van der Waals surface area contributed by atoms with Crippen LogP contribution in [0.5, 0.6) is 0 Å². The van der Waals surface area contributed by atoms with Crippen molar-refractivity contribution in [1.82, 2.24) is 0 Å². The fourth-order valence-electron chi connectivity index (χ4n) is 2.86. The summed E-state index contributed by atoms with van der Waals surface area (Å²) in [6.45, 7) is 25.1. The molecule has 0 radical (unpaired) electrons. The highest BCUT2D eigenvalue weighted by molar-refractivity contribution is 6.80. The predicted molar refractivity (Wildman–Crippen MR) is 83.9 cm³/mol. The fourth-order valence-corrected chi connectivity index (χ4v) is 8.15. The van der Waals surface area contributed by atoms with E-state index in [1.165, 1.54) is 12.5 Å². The minimum Gasteiger partial charge on any atom is -0.0695 e. The Hall–Kier alpha value is 0.434. The minimum absolute atomic E-state index is 0.523. The normalized spacial score (nSPS) is 18.4. The molecule has 0 aliphatic heterocycles. The Bertz CT molecular complexity index is 230. The lowest BCUT2D eigenvalue weighted by atomic mass is 9.77. The van der Waals surface area contributed by atoms with Crippen molar-refractivity contribution >= 4 is 16.1 Å². The van der Waals surface area contributed by atoms with Crippen molar-refractivity contribution in [3.8, 4) is 0 Å². The van der Waals surface area contributed by atoms with Gasteiger partial charge in [-0.25, -0.2) is 0 Å². The van der Waals surface area contributed by atoms with Gasteiger partial charge >= 0.3 is 0 Å². The molecule has 0 saturated heterocycles. The average molecular weight is 259 g/mol. The first-order valence-electron chi connectivity index (χ1n) is 6.77. The Balaban J connectivity index is 5.26. The van der Waals surface area contributed by atoms with E-state index in [1.807, 2.05) is 0 Å². The van der Waals surface area contributed by atoms with Crippen LogP contribution in [0.25, 0.3) is 0 Å². The molecule has 0 aromatic heterocycles. The highest BCUT2D eigenvalue weighted by atomic mass is 28.3. The summed E-state index contributed by atoms with van der Waals surface area (Å²) in [7, 11) is -2.10. The zero-order chi connectivity index (χ0) is 13.4. The molecule has 0 fully saturated rings. The Morgan fingerprint density at radius 3 is 1.38 bits per heavy atom. The molecule has 0 spiro atoms. The number of hydrogen-bond donors (Lipinski definition) is 0. The van der Waals surface area contributed by atoms with Crippen molar-refractivity contribution in [1.29, 1.82) is 0 Å². The highest BCUT2D eigenvalue weighted by Crippen LogP contribution is 2.57. The highest BCUT2D eigenvalue weighted by Gasteiger charge is 2.49. The summed E-state index contributed by atoms with van der Waals surface area (Å²) < 4.78 is 0. The molecule has 2 heteroatoms. The first-order chi connectivity index (χ1) is 6.77. The largest absolute Gasteiger partial charge is 0.0695 e. The second kappa shape index (κ2) is 4.60. The Morgan fingerprint density at radius 2 is 1.19 bits per heavy atom.